The van der Waals surface area contributed by atoms with Crippen molar-refractivity contribution in [2.45, 2.75) is 141 Å². The van der Waals surface area contributed by atoms with E-state index in [-0.39, 0.29) is 0 Å². The third-order valence-corrected chi connectivity index (χ3v) is 6.33. The van der Waals surface area contributed by atoms with Gasteiger partial charge in [-0.25, -0.2) is 5.01 Å². The van der Waals surface area contributed by atoms with E-state index in [1.165, 1.54) is 109 Å². The van der Waals surface area contributed by atoms with E-state index in [4.69, 9.17) is 0 Å². The topological polar surface area (TPSA) is 15.3 Å². The van der Waals surface area contributed by atoms with Crippen LogP contribution in [0.3, 0.4) is 0 Å². The van der Waals surface area contributed by atoms with E-state index < -0.39 is 0 Å². The fraction of sp³-hybridized carbons (Fsp3) is 1.00. The molecule has 2 saturated carbocycles. The lowest BCUT2D eigenvalue weighted by atomic mass is 9.90. The monoisotopic (exact) mass is 336 g/mol. The van der Waals surface area contributed by atoms with Crippen LogP contribution in [-0.4, -0.2) is 23.1 Å². The fourth-order valence-electron chi connectivity index (χ4n) is 4.80. The Bertz CT molecular complexity index is 274. The molecule has 142 valence electrons. The Labute approximate surface area is 152 Å². The Morgan fingerprint density at radius 2 is 1.21 bits per heavy atom. The van der Waals surface area contributed by atoms with Gasteiger partial charge < -0.3 is 0 Å². The summed E-state index contributed by atoms with van der Waals surface area (Å²) in [6, 6.07) is 2.36. The van der Waals surface area contributed by atoms with E-state index in [0.717, 1.165) is 18.1 Å². The summed E-state index contributed by atoms with van der Waals surface area (Å²) < 4.78 is 0. The van der Waals surface area contributed by atoms with E-state index in [2.05, 4.69) is 24.3 Å². The Balaban J connectivity index is 1.95. The predicted molar refractivity (Wildman–Crippen MR) is 106 cm³/mol. The lowest BCUT2D eigenvalue weighted by molar-refractivity contribution is 0.0107. The van der Waals surface area contributed by atoms with Crippen molar-refractivity contribution in [3.8, 4) is 0 Å². The molecule has 2 aliphatic rings. The van der Waals surface area contributed by atoms with Gasteiger partial charge in [-0.2, -0.15) is 0 Å². The minimum Gasteiger partial charge on any atom is -0.252 e. The largest absolute Gasteiger partial charge is 0.252 e. The van der Waals surface area contributed by atoms with Crippen LogP contribution in [0, 0.1) is 0 Å². The summed E-state index contributed by atoms with van der Waals surface area (Å²) in [5.74, 6) is 0. The van der Waals surface area contributed by atoms with E-state index in [1.54, 1.807) is 0 Å². The first-order valence-electron chi connectivity index (χ1n) is 11.4. The van der Waals surface area contributed by atoms with Crippen molar-refractivity contribution >= 4 is 0 Å². The van der Waals surface area contributed by atoms with Crippen molar-refractivity contribution in [1.29, 1.82) is 0 Å². The van der Waals surface area contributed by atoms with Crippen LogP contribution in [-0.2, 0) is 0 Å². The average Bonchev–Trinajstić information content (AvgIpc) is 2.65. The molecule has 2 aliphatic carbocycles. The standard InChI is InChI=1S/C22H44N2/c1-3-5-9-15-20(14-6-4-2)23-24(21-16-10-7-11-17-21)22-18-12-8-13-19-22/h20-23H,3-19H2,1-2H3. The van der Waals surface area contributed by atoms with Gasteiger partial charge in [0, 0.05) is 18.1 Å². The molecule has 0 amide bonds. The highest BCUT2D eigenvalue weighted by Gasteiger charge is 2.30. The molecule has 2 nitrogen and oxygen atoms in total. The molecule has 0 aromatic carbocycles. The van der Waals surface area contributed by atoms with Crippen LogP contribution in [0.2, 0.25) is 0 Å². The molecule has 0 radical (unpaired) electrons. The third-order valence-electron chi connectivity index (χ3n) is 6.33. The van der Waals surface area contributed by atoms with Crippen LogP contribution < -0.4 is 5.43 Å². The van der Waals surface area contributed by atoms with Gasteiger partial charge in [0.15, 0.2) is 0 Å². The maximum Gasteiger partial charge on any atom is 0.0246 e. The molecule has 0 spiro atoms. The summed E-state index contributed by atoms with van der Waals surface area (Å²) >= 11 is 0. The maximum absolute atomic E-state index is 4.12. The highest BCUT2D eigenvalue weighted by Crippen LogP contribution is 2.29. The molecule has 1 N–H and O–H groups in total. The number of unbranched alkanes of at least 4 members (excludes halogenated alkanes) is 3. The maximum atomic E-state index is 4.12. The van der Waals surface area contributed by atoms with Gasteiger partial charge in [-0.05, 0) is 38.5 Å². The summed E-state index contributed by atoms with van der Waals surface area (Å²) in [5, 5.41) is 2.81. The van der Waals surface area contributed by atoms with Crippen LogP contribution in [0.5, 0.6) is 0 Å². The van der Waals surface area contributed by atoms with Crippen molar-refractivity contribution < 1.29 is 0 Å². The molecular weight excluding hydrogens is 292 g/mol. The molecule has 2 fully saturated rings. The van der Waals surface area contributed by atoms with Crippen molar-refractivity contribution in [1.82, 2.24) is 10.4 Å². The zero-order valence-electron chi connectivity index (χ0n) is 16.7. The number of rotatable bonds is 11. The van der Waals surface area contributed by atoms with E-state index in [9.17, 15) is 0 Å². The molecular formula is C22H44N2. The van der Waals surface area contributed by atoms with Crippen LogP contribution in [0.15, 0.2) is 0 Å². The van der Waals surface area contributed by atoms with Gasteiger partial charge in [-0.1, -0.05) is 84.5 Å². The van der Waals surface area contributed by atoms with Gasteiger partial charge in [0.05, 0.1) is 0 Å². The molecule has 0 aromatic heterocycles. The van der Waals surface area contributed by atoms with E-state index in [0.29, 0.717) is 0 Å². The molecule has 0 aromatic rings. The fourth-order valence-corrected chi connectivity index (χ4v) is 4.80. The highest BCUT2D eigenvalue weighted by atomic mass is 15.5. The molecule has 0 aliphatic heterocycles. The van der Waals surface area contributed by atoms with Crippen molar-refractivity contribution in [3.05, 3.63) is 0 Å². The number of nitrogens with one attached hydrogen (secondary N) is 1. The van der Waals surface area contributed by atoms with Crippen LogP contribution >= 0.6 is 0 Å². The van der Waals surface area contributed by atoms with Crippen molar-refractivity contribution in [2.75, 3.05) is 0 Å². The molecule has 2 heteroatoms. The number of hydrazine groups is 1. The predicted octanol–water partition coefficient (Wildman–Crippen LogP) is 6.60. The molecule has 0 heterocycles. The first-order chi connectivity index (χ1) is 11.8. The quantitative estimate of drug-likeness (QED) is 0.338. The first kappa shape index (κ1) is 20.2. The SMILES string of the molecule is CCCCCC(CCCC)NN(C1CCCCC1)C1CCCCC1. The molecule has 0 bridgehead atoms. The van der Waals surface area contributed by atoms with Crippen molar-refractivity contribution in [2.24, 2.45) is 0 Å². The van der Waals surface area contributed by atoms with Gasteiger partial charge in [-0.15, -0.1) is 0 Å². The van der Waals surface area contributed by atoms with Crippen molar-refractivity contribution in [3.63, 3.8) is 0 Å². The third kappa shape index (κ3) is 7.04. The van der Waals surface area contributed by atoms with Gasteiger partial charge in [0.2, 0.25) is 0 Å². The second kappa shape index (κ2) is 12.3. The van der Waals surface area contributed by atoms with Crippen LogP contribution in [0.4, 0.5) is 0 Å². The van der Waals surface area contributed by atoms with E-state index in [1.807, 2.05) is 0 Å². The van der Waals surface area contributed by atoms with Gasteiger partial charge in [0.25, 0.3) is 0 Å². The Morgan fingerprint density at radius 3 is 1.71 bits per heavy atom. The van der Waals surface area contributed by atoms with Crippen LogP contribution in [0.1, 0.15) is 123 Å². The number of nitrogens with zero attached hydrogens (tertiary/aromatic N) is 1. The smallest absolute Gasteiger partial charge is 0.0246 e. The summed E-state index contributed by atoms with van der Waals surface area (Å²) in [6.45, 7) is 4.66. The summed E-state index contributed by atoms with van der Waals surface area (Å²) in [7, 11) is 0. The number of hydrogen-bond acceptors (Lipinski definition) is 2. The lowest BCUT2D eigenvalue weighted by Crippen LogP contribution is -2.56. The van der Waals surface area contributed by atoms with Gasteiger partial charge >= 0.3 is 0 Å². The minimum atomic E-state index is 0.723. The summed E-state index contributed by atoms with van der Waals surface area (Å²) in [4.78, 5) is 0. The molecule has 0 saturated heterocycles. The van der Waals surface area contributed by atoms with E-state index >= 15 is 0 Å². The molecule has 24 heavy (non-hydrogen) atoms. The second-order valence-electron chi connectivity index (χ2n) is 8.45. The Hall–Kier alpha value is -0.0800. The van der Waals surface area contributed by atoms with Gasteiger partial charge in [-0.3, -0.25) is 5.43 Å². The van der Waals surface area contributed by atoms with Gasteiger partial charge in [0.1, 0.15) is 0 Å². The summed E-state index contributed by atoms with van der Waals surface area (Å²) in [5.41, 5.74) is 4.12. The summed E-state index contributed by atoms with van der Waals surface area (Å²) in [6.07, 6.45) is 24.1. The normalized spacial score (nSPS) is 22.1. The Kier molecular flexibility index (Phi) is 10.4. The second-order valence-corrected chi connectivity index (χ2v) is 8.45. The first-order valence-corrected chi connectivity index (χ1v) is 11.4. The lowest BCUT2D eigenvalue weighted by Gasteiger charge is -2.44. The molecule has 1 atom stereocenters. The molecule has 1 unspecified atom stereocenters. The highest BCUT2D eigenvalue weighted by molar-refractivity contribution is 4.83. The Morgan fingerprint density at radius 1 is 0.708 bits per heavy atom. The minimum absolute atomic E-state index is 0.723. The van der Waals surface area contributed by atoms with Crippen LogP contribution in [0.25, 0.3) is 0 Å². The zero-order valence-corrected chi connectivity index (χ0v) is 16.7. The number of hydrogen-bond donors (Lipinski definition) is 1. The zero-order chi connectivity index (χ0) is 17.0. The average molecular weight is 337 g/mol. The molecule has 2 rings (SSSR count).